The topological polar surface area (TPSA) is 78.3 Å². The molecule has 2 atom stereocenters. The normalized spacial score (nSPS) is 15.7. The van der Waals surface area contributed by atoms with Crippen LogP contribution in [0.1, 0.15) is 24.4 Å². The minimum absolute atomic E-state index is 0.0354. The molecule has 0 saturated heterocycles. The van der Waals surface area contributed by atoms with E-state index in [4.69, 9.17) is 9.47 Å². The second-order valence-electron chi connectivity index (χ2n) is 7.39. The Balaban J connectivity index is 1.39. The highest BCUT2D eigenvalue weighted by molar-refractivity contribution is 8.00. The van der Waals surface area contributed by atoms with Gasteiger partial charge in [0.15, 0.2) is 28.6 Å². The molecular weight excluding hydrogens is 424 g/mol. The second kappa shape index (κ2) is 10.4. The van der Waals surface area contributed by atoms with Crippen LogP contribution in [0.4, 0.5) is 0 Å². The molecule has 0 bridgehead atoms. The van der Waals surface area contributed by atoms with E-state index in [-0.39, 0.29) is 17.3 Å². The third kappa shape index (κ3) is 5.13. The van der Waals surface area contributed by atoms with Crippen molar-refractivity contribution in [2.24, 2.45) is 0 Å². The van der Waals surface area contributed by atoms with E-state index < -0.39 is 0 Å². The maximum absolute atomic E-state index is 12.6. The number of fused-ring (bicyclic) bond motifs is 1. The number of hydrogen-bond donors (Lipinski definition) is 1. The highest BCUT2D eigenvalue weighted by Crippen LogP contribution is 2.36. The van der Waals surface area contributed by atoms with E-state index in [1.807, 2.05) is 54.0 Å². The van der Waals surface area contributed by atoms with Gasteiger partial charge in [-0.15, -0.1) is 16.8 Å². The summed E-state index contributed by atoms with van der Waals surface area (Å²) in [6, 6.07) is 17.6. The second-order valence-corrected chi connectivity index (χ2v) is 8.70. The minimum atomic E-state index is -0.387. The van der Waals surface area contributed by atoms with Crippen LogP contribution in [-0.2, 0) is 17.8 Å². The highest BCUT2D eigenvalue weighted by Gasteiger charge is 2.29. The number of carbonyl (C=O) groups excluding carboxylic acids is 1. The molecule has 166 valence electrons. The molecule has 0 aliphatic carbocycles. The Morgan fingerprint density at radius 3 is 2.75 bits per heavy atom. The average molecular weight is 451 g/mol. The van der Waals surface area contributed by atoms with Gasteiger partial charge in [0.05, 0.1) is 5.25 Å². The predicted molar refractivity (Wildman–Crippen MR) is 124 cm³/mol. The van der Waals surface area contributed by atoms with Crippen molar-refractivity contribution in [2.75, 3.05) is 13.2 Å². The first-order valence-electron chi connectivity index (χ1n) is 10.6. The van der Waals surface area contributed by atoms with E-state index in [9.17, 15) is 4.79 Å². The number of para-hydroxylation sites is 2. The Labute approximate surface area is 191 Å². The Kier molecular flexibility index (Phi) is 7.11. The summed E-state index contributed by atoms with van der Waals surface area (Å²) in [4.78, 5) is 12.6. The molecule has 4 rings (SSSR count). The standard InChI is InChI=1S/C24H26N4O3S/c1-3-15-28-22(21-16-30-19-11-7-8-12-20(19)31-21)26-27-24(28)32-17(2)23(29)25-14-13-18-9-5-4-6-10-18/h3-12,17,21H,1,13-16H2,2H3,(H,25,29). The van der Waals surface area contributed by atoms with Crippen LogP contribution in [-0.4, -0.2) is 39.1 Å². The molecule has 0 fully saturated rings. The van der Waals surface area contributed by atoms with E-state index in [0.29, 0.717) is 42.2 Å². The van der Waals surface area contributed by atoms with Crippen LogP contribution in [0, 0.1) is 0 Å². The maximum Gasteiger partial charge on any atom is 0.233 e. The molecule has 2 heterocycles. The van der Waals surface area contributed by atoms with Crippen molar-refractivity contribution in [3.63, 3.8) is 0 Å². The quantitative estimate of drug-likeness (QED) is 0.395. The van der Waals surface area contributed by atoms with Gasteiger partial charge in [0.1, 0.15) is 6.61 Å². The van der Waals surface area contributed by atoms with Crippen LogP contribution in [0.5, 0.6) is 11.5 Å². The monoisotopic (exact) mass is 450 g/mol. The van der Waals surface area contributed by atoms with E-state index in [1.165, 1.54) is 17.3 Å². The van der Waals surface area contributed by atoms with Gasteiger partial charge in [-0.2, -0.15) is 0 Å². The molecule has 1 aliphatic heterocycles. The van der Waals surface area contributed by atoms with Crippen LogP contribution in [0.2, 0.25) is 0 Å². The van der Waals surface area contributed by atoms with Gasteiger partial charge in [0.25, 0.3) is 0 Å². The first-order chi connectivity index (χ1) is 15.7. The number of aromatic nitrogens is 3. The summed E-state index contributed by atoms with van der Waals surface area (Å²) in [6.07, 6.45) is 2.18. The predicted octanol–water partition coefficient (Wildman–Crippen LogP) is 3.82. The van der Waals surface area contributed by atoms with Crippen LogP contribution in [0.15, 0.2) is 72.4 Å². The molecule has 7 nitrogen and oxygen atoms in total. The third-order valence-corrected chi connectivity index (χ3v) is 6.14. The van der Waals surface area contributed by atoms with Gasteiger partial charge in [0, 0.05) is 13.1 Å². The fourth-order valence-electron chi connectivity index (χ4n) is 3.40. The van der Waals surface area contributed by atoms with Gasteiger partial charge in [0.2, 0.25) is 5.91 Å². The smallest absolute Gasteiger partial charge is 0.233 e. The van der Waals surface area contributed by atoms with Crippen LogP contribution in [0.3, 0.4) is 0 Å². The number of amides is 1. The van der Waals surface area contributed by atoms with Gasteiger partial charge in [-0.3, -0.25) is 9.36 Å². The maximum atomic E-state index is 12.6. The number of carbonyl (C=O) groups is 1. The van der Waals surface area contributed by atoms with Crippen molar-refractivity contribution in [1.82, 2.24) is 20.1 Å². The van der Waals surface area contributed by atoms with Gasteiger partial charge >= 0.3 is 0 Å². The van der Waals surface area contributed by atoms with Crippen molar-refractivity contribution in [3.8, 4) is 11.5 Å². The fraction of sp³-hybridized carbons (Fsp3) is 0.292. The molecule has 0 saturated carbocycles. The summed E-state index contributed by atoms with van der Waals surface area (Å²) < 4.78 is 13.8. The lowest BCUT2D eigenvalue weighted by Gasteiger charge is -2.26. The van der Waals surface area contributed by atoms with E-state index >= 15 is 0 Å². The van der Waals surface area contributed by atoms with Crippen LogP contribution >= 0.6 is 11.8 Å². The molecule has 1 N–H and O–H groups in total. The summed E-state index contributed by atoms with van der Waals surface area (Å²) in [6.45, 7) is 7.15. The zero-order chi connectivity index (χ0) is 22.3. The third-order valence-electron chi connectivity index (χ3n) is 5.06. The summed E-state index contributed by atoms with van der Waals surface area (Å²) in [5, 5.41) is 12.0. The molecule has 0 spiro atoms. The lowest BCUT2D eigenvalue weighted by atomic mass is 10.1. The van der Waals surface area contributed by atoms with Crippen molar-refractivity contribution in [3.05, 3.63) is 78.6 Å². The molecule has 8 heteroatoms. The number of benzene rings is 2. The molecule has 1 aromatic heterocycles. The largest absolute Gasteiger partial charge is 0.485 e. The Morgan fingerprint density at radius 1 is 1.22 bits per heavy atom. The summed E-state index contributed by atoms with van der Waals surface area (Å²) in [7, 11) is 0. The van der Waals surface area contributed by atoms with Gasteiger partial charge in [-0.05, 0) is 31.0 Å². The number of hydrogen-bond acceptors (Lipinski definition) is 6. The number of nitrogens with zero attached hydrogens (tertiary/aromatic N) is 3. The van der Waals surface area contributed by atoms with E-state index in [0.717, 1.165) is 6.42 Å². The first-order valence-corrected chi connectivity index (χ1v) is 11.4. The molecular formula is C24H26N4O3S. The number of nitrogens with one attached hydrogen (secondary N) is 1. The number of thioether (sulfide) groups is 1. The summed E-state index contributed by atoms with van der Waals surface area (Å²) in [5.41, 5.74) is 1.19. The van der Waals surface area contributed by atoms with Crippen LogP contribution in [0.25, 0.3) is 0 Å². The van der Waals surface area contributed by atoms with Crippen molar-refractivity contribution >= 4 is 17.7 Å². The minimum Gasteiger partial charge on any atom is -0.485 e. The molecule has 1 amide bonds. The highest BCUT2D eigenvalue weighted by atomic mass is 32.2. The van der Waals surface area contributed by atoms with Gasteiger partial charge in [-0.1, -0.05) is 60.3 Å². The molecule has 3 aromatic rings. The first kappa shape index (κ1) is 22.0. The molecule has 1 aliphatic rings. The zero-order valence-electron chi connectivity index (χ0n) is 17.9. The Hall–Kier alpha value is -3.26. The average Bonchev–Trinajstić information content (AvgIpc) is 3.21. The van der Waals surface area contributed by atoms with E-state index in [1.54, 1.807) is 6.08 Å². The Morgan fingerprint density at radius 2 is 1.97 bits per heavy atom. The van der Waals surface area contributed by atoms with Gasteiger partial charge < -0.3 is 14.8 Å². The summed E-state index contributed by atoms with van der Waals surface area (Å²) >= 11 is 1.37. The molecule has 2 aromatic carbocycles. The Bertz CT molecular complexity index is 1070. The van der Waals surface area contributed by atoms with Gasteiger partial charge in [-0.25, -0.2) is 0 Å². The van der Waals surface area contributed by atoms with Crippen molar-refractivity contribution in [2.45, 2.75) is 36.4 Å². The fourth-order valence-corrected chi connectivity index (χ4v) is 4.29. The molecule has 2 unspecified atom stereocenters. The number of rotatable bonds is 9. The molecule has 0 radical (unpaired) electrons. The lowest BCUT2D eigenvalue weighted by Crippen LogP contribution is -2.32. The van der Waals surface area contributed by atoms with Crippen molar-refractivity contribution < 1.29 is 14.3 Å². The molecule has 32 heavy (non-hydrogen) atoms. The van der Waals surface area contributed by atoms with Crippen LogP contribution < -0.4 is 14.8 Å². The lowest BCUT2D eigenvalue weighted by molar-refractivity contribution is -0.120. The van der Waals surface area contributed by atoms with E-state index in [2.05, 4.69) is 34.2 Å². The SMILES string of the molecule is C=CCn1c(SC(C)C(=O)NCCc2ccccc2)nnc1C1COc2ccccc2O1. The number of ether oxygens (including phenoxy) is 2. The van der Waals surface area contributed by atoms with Crippen molar-refractivity contribution in [1.29, 1.82) is 0 Å². The summed E-state index contributed by atoms with van der Waals surface area (Å²) in [5.74, 6) is 2.01. The number of allylic oxidation sites excluding steroid dienone is 1. The zero-order valence-corrected chi connectivity index (χ0v) is 18.8.